The topological polar surface area (TPSA) is 75.4 Å². The second-order valence-electron chi connectivity index (χ2n) is 5.08. The summed E-state index contributed by atoms with van der Waals surface area (Å²) in [7, 11) is 0. The maximum atomic E-state index is 13.1. The molecule has 134 valence electrons. The normalized spacial score (nSPS) is 17.3. The molecule has 1 fully saturated rings. The van der Waals surface area contributed by atoms with Crippen molar-refractivity contribution in [1.82, 2.24) is 10.2 Å². The summed E-state index contributed by atoms with van der Waals surface area (Å²) in [5.41, 5.74) is 5.32. The van der Waals surface area contributed by atoms with E-state index in [1.807, 2.05) is 0 Å². The predicted octanol–water partition coefficient (Wildman–Crippen LogP) is 1.99. The maximum Gasteiger partial charge on any atom is 0.277 e. The van der Waals surface area contributed by atoms with Crippen LogP contribution in [0.5, 0.6) is 0 Å². The molecule has 1 saturated heterocycles. The van der Waals surface area contributed by atoms with E-state index in [1.165, 1.54) is 16.7 Å². The number of halogens is 4. The lowest BCUT2D eigenvalue weighted by atomic mass is 10.1. The molecule has 1 unspecified atom stereocenters. The molecule has 0 radical (unpaired) electrons. The monoisotopic (exact) mass is 399 g/mol. The molecule has 3 N–H and O–H groups in total. The van der Waals surface area contributed by atoms with Crippen LogP contribution in [0.3, 0.4) is 0 Å². The number of benzene rings is 1. The van der Waals surface area contributed by atoms with Gasteiger partial charge >= 0.3 is 0 Å². The third-order valence-corrected chi connectivity index (χ3v) is 4.62. The van der Waals surface area contributed by atoms with Crippen molar-refractivity contribution in [1.29, 1.82) is 0 Å². The van der Waals surface area contributed by atoms with E-state index in [0.717, 1.165) is 0 Å². The number of nitrogens with two attached hydrogens (primary N) is 1. The quantitative estimate of drug-likeness (QED) is 0.793. The van der Waals surface area contributed by atoms with Crippen LogP contribution in [-0.4, -0.2) is 53.4 Å². The highest BCUT2D eigenvalue weighted by molar-refractivity contribution is 7.99. The summed E-state index contributed by atoms with van der Waals surface area (Å²) in [6.45, 7) is -1.69. The molecule has 2 amide bonds. The van der Waals surface area contributed by atoms with Crippen molar-refractivity contribution >= 4 is 47.6 Å². The van der Waals surface area contributed by atoms with Gasteiger partial charge in [-0.2, -0.15) is 0 Å². The molecule has 5 nitrogen and oxygen atoms in total. The van der Waals surface area contributed by atoms with E-state index in [2.05, 4.69) is 5.32 Å². The van der Waals surface area contributed by atoms with Gasteiger partial charge in [-0.25, -0.2) is 8.78 Å². The Morgan fingerprint density at radius 2 is 2.00 bits per heavy atom. The Bertz CT molecular complexity index is 590. The van der Waals surface area contributed by atoms with E-state index in [-0.39, 0.29) is 18.3 Å². The molecular formula is C14H17Cl2F2N3O2S. The van der Waals surface area contributed by atoms with E-state index in [1.54, 1.807) is 24.3 Å². The average Bonchev–Trinajstić information content (AvgIpc) is 3.02. The zero-order chi connectivity index (χ0) is 17.0. The van der Waals surface area contributed by atoms with Crippen molar-refractivity contribution in [2.24, 2.45) is 5.73 Å². The second kappa shape index (κ2) is 8.84. The molecule has 24 heavy (non-hydrogen) atoms. The first-order chi connectivity index (χ1) is 10.8. The van der Waals surface area contributed by atoms with Crippen LogP contribution < -0.4 is 11.1 Å². The van der Waals surface area contributed by atoms with Crippen LogP contribution in [-0.2, 0) is 4.79 Å². The second-order valence-corrected chi connectivity index (χ2v) is 6.51. The van der Waals surface area contributed by atoms with Gasteiger partial charge in [0.15, 0.2) is 0 Å². The van der Waals surface area contributed by atoms with Crippen LogP contribution in [0.2, 0.25) is 5.02 Å². The molecular weight excluding hydrogens is 383 g/mol. The summed E-state index contributed by atoms with van der Waals surface area (Å²) in [6, 6.07) is 5.50. The number of nitrogens with one attached hydrogen (secondary N) is 1. The molecule has 1 aromatic carbocycles. The SMILES string of the molecule is Cl.NCC(F)(F)CNC(=O)C1CSCN1C(=O)c1ccc(Cl)cc1. The average molecular weight is 400 g/mol. The first-order valence-corrected chi connectivity index (χ1v) is 8.37. The fourth-order valence-electron chi connectivity index (χ4n) is 2.02. The largest absolute Gasteiger partial charge is 0.348 e. The molecule has 10 heteroatoms. The van der Waals surface area contributed by atoms with Gasteiger partial charge in [-0.1, -0.05) is 11.6 Å². The van der Waals surface area contributed by atoms with Crippen molar-refractivity contribution in [3.8, 4) is 0 Å². The number of hydrogen-bond acceptors (Lipinski definition) is 4. The lowest BCUT2D eigenvalue weighted by Gasteiger charge is -2.24. The molecule has 2 rings (SSSR count). The molecule has 0 bridgehead atoms. The lowest BCUT2D eigenvalue weighted by Crippen LogP contribution is -2.50. The summed E-state index contributed by atoms with van der Waals surface area (Å²) in [5.74, 6) is -3.42. The molecule has 1 atom stereocenters. The molecule has 1 heterocycles. The molecule has 0 spiro atoms. The lowest BCUT2D eigenvalue weighted by molar-refractivity contribution is -0.126. The number of carbonyl (C=O) groups excluding carboxylic acids is 2. The zero-order valence-electron chi connectivity index (χ0n) is 12.5. The smallest absolute Gasteiger partial charge is 0.277 e. The molecule has 0 aromatic heterocycles. The van der Waals surface area contributed by atoms with Crippen LogP contribution >= 0.6 is 35.8 Å². The van der Waals surface area contributed by atoms with Crippen molar-refractivity contribution < 1.29 is 18.4 Å². The van der Waals surface area contributed by atoms with Crippen LogP contribution in [0.4, 0.5) is 8.78 Å². The molecule has 1 aromatic rings. The van der Waals surface area contributed by atoms with Gasteiger partial charge < -0.3 is 16.0 Å². The number of rotatable bonds is 5. The number of thioether (sulfide) groups is 1. The van der Waals surface area contributed by atoms with Crippen LogP contribution in [0.25, 0.3) is 0 Å². The van der Waals surface area contributed by atoms with E-state index >= 15 is 0 Å². The van der Waals surface area contributed by atoms with Crippen molar-refractivity contribution in [3.05, 3.63) is 34.9 Å². The zero-order valence-corrected chi connectivity index (χ0v) is 14.9. The highest BCUT2D eigenvalue weighted by atomic mass is 35.5. The Balaban J connectivity index is 0.00000288. The molecule has 0 saturated carbocycles. The Morgan fingerprint density at radius 3 is 2.58 bits per heavy atom. The summed E-state index contributed by atoms with van der Waals surface area (Å²) in [6.07, 6.45) is 0. The minimum atomic E-state index is -3.16. The third kappa shape index (κ3) is 5.20. The Kier molecular flexibility index (Phi) is 7.72. The number of nitrogens with zero attached hydrogens (tertiary/aromatic N) is 1. The fraction of sp³-hybridized carbons (Fsp3) is 0.429. The van der Waals surface area contributed by atoms with E-state index in [0.29, 0.717) is 22.2 Å². The third-order valence-electron chi connectivity index (χ3n) is 3.36. The first kappa shape index (κ1) is 21.0. The molecule has 1 aliphatic heterocycles. The minimum Gasteiger partial charge on any atom is -0.348 e. The highest BCUT2D eigenvalue weighted by Crippen LogP contribution is 2.24. The molecule has 1 aliphatic rings. The van der Waals surface area contributed by atoms with Gasteiger partial charge in [0.25, 0.3) is 11.8 Å². The van der Waals surface area contributed by atoms with Crippen molar-refractivity contribution in [2.45, 2.75) is 12.0 Å². The Labute approximate surface area is 153 Å². The summed E-state index contributed by atoms with van der Waals surface area (Å²) < 4.78 is 26.2. The fourth-order valence-corrected chi connectivity index (χ4v) is 3.30. The van der Waals surface area contributed by atoms with Crippen LogP contribution in [0.1, 0.15) is 10.4 Å². The number of carbonyl (C=O) groups is 2. The summed E-state index contributed by atoms with van der Waals surface area (Å²) in [4.78, 5) is 25.9. The summed E-state index contributed by atoms with van der Waals surface area (Å²) >= 11 is 7.17. The maximum absolute atomic E-state index is 13.1. The van der Waals surface area contributed by atoms with E-state index in [4.69, 9.17) is 17.3 Å². The van der Waals surface area contributed by atoms with Gasteiger partial charge in [-0.15, -0.1) is 24.2 Å². The van der Waals surface area contributed by atoms with Crippen molar-refractivity contribution in [2.75, 3.05) is 24.7 Å². The number of alkyl halides is 2. The minimum absolute atomic E-state index is 0. The van der Waals surface area contributed by atoms with Gasteiger partial charge in [-0.3, -0.25) is 9.59 Å². The number of hydrogen-bond donors (Lipinski definition) is 2. The van der Waals surface area contributed by atoms with Gasteiger partial charge in [0.05, 0.1) is 19.0 Å². The Hall–Kier alpha value is -1.09. The van der Waals surface area contributed by atoms with Crippen LogP contribution in [0, 0.1) is 0 Å². The first-order valence-electron chi connectivity index (χ1n) is 6.84. The van der Waals surface area contributed by atoms with Gasteiger partial charge in [-0.05, 0) is 24.3 Å². The standard InChI is InChI=1S/C14H16ClF2N3O2S.ClH/c15-10-3-1-9(2-4-10)13(22)20-8-23-5-11(20)12(21)19-7-14(16,17)6-18;/h1-4,11H,5-8,18H2,(H,19,21);1H. The van der Waals surface area contributed by atoms with Gasteiger partial charge in [0.1, 0.15) is 6.04 Å². The van der Waals surface area contributed by atoms with E-state index in [9.17, 15) is 18.4 Å². The van der Waals surface area contributed by atoms with Gasteiger partial charge in [0, 0.05) is 16.3 Å². The Morgan fingerprint density at radius 1 is 1.38 bits per heavy atom. The van der Waals surface area contributed by atoms with Gasteiger partial charge in [0.2, 0.25) is 5.91 Å². The highest BCUT2D eigenvalue weighted by Gasteiger charge is 2.36. The molecule has 0 aliphatic carbocycles. The van der Waals surface area contributed by atoms with Crippen LogP contribution in [0.15, 0.2) is 24.3 Å². The number of amides is 2. The summed E-state index contributed by atoms with van der Waals surface area (Å²) in [5, 5.41) is 2.66. The van der Waals surface area contributed by atoms with E-state index < -0.39 is 31.0 Å². The van der Waals surface area contributed by atoms with Crippen molar-refractivity contribution in [3.63, 3.8) is 0 Å². The predicted molar refractivity (Wildman–Crippen MR) is 93.0 cm³/mol.